The summed E-state index contributed by atoms with van der Waals surface area (Å²) in [6, 6.07) is 15.1. The second kappa shape index (κ2) is 7.84. The largest absolute Gasteiger partial charge is 0.508 e. The minimum atomic E-state index is -0.424. The van der Waals surface area contributed by atoms with Gasteiger partial charge in [0.25, 0.3) is 0 Å². The fourth-order valence-corrected chi connectivity index (χ4v) is 4.38. The molecule has 5 rings (SSSR count). The van der Waals surface area contributed by atoms with Crippen LogP contribution in [0.15, 0.2) is 54.9 Å². The Morgan fingerprint density at radius 1 is 1.19 bits per heavy atom. The van der Waals surface area contributed by atoms with Crippen LogP contribution in [-0.4, -0.2) is 38.6 Å². The maximum absolute atomic E-state index is 12.1. The third kappa shape index (κ3) is 3.37. The second-order valence-electron chi connectivity index (χ2n) is 7.91. The van der Waals surface area contributed by atoms with Gasteiger partial charge >= 0.3 is 5.69 Å². The van der Waals surface area contributed by atoms with E-state index in [0.29, 0.717) is 24.5 Å². The lowest BCUT2D eigenvalue weighted by Gasteiger charge is -2.28. The molecule has 0 saturated heterocycles. The SMILES string of the molecule is CN(Cc1ccccc1O)c1ncnc(N2CCc3c([nH]c4ccccc34)C2)c1[N+](=O)[O-]. The van der Waals surface area contributed by atoms with Crippen LogP contribution < -0.4 is 9.80 Å². The van der Waals surface area contributed by atoms with Gasteiger partial charge in [-0.1, -0.05) is 36.4 Å². The topological polar surface area (TPSA) is 111 Å². The number of aromatic hydroxyl groups is 1. The summed E-state index contributed by atoms with van der Waals surface area (Å²) in [5.74, 6) is 0.651. The zero-order valence-corrected chi connectivity index (χ0v) is 17.5. The summed E-state index contributed by atoms with van der Waals surface area (Å²) in [6.45, 7) is 1.40. The van der Waals surface area contributed by atoms with Gasteiger partial charge in [-0.15, -0.1) is 0 Å². The van der Waals surface area contributed by atoms with Gasteiger partial charge in [0.15, 0.2) is 0 Å². The maximum atomic E-state index is 12.1. The highest BCUT2D eigenvalue weighted by atomic mass is 16.6. The fraction of sp³-hybridized carbons (Fsp3) is 0.217. The molecule has 0 amide bonds. The van der Waals surface area contributed by atoms with Crippen LogP contribution in [0.2, 0.25) is 0 Å². The summed E-state index contributed by atoms with van der Waals surface area (Å²) in [6.07, 6.45) is 2.13. The van der Waals surface area contributed by atoms with Gasteiger partial charge in [0.1, 0.15) is 12.1 Å². The summed E-state index contributed by atoms with van der Waals surface area (Å²) in [5, 5.41) is 23.4. The number of H-pyrrole nitrogens is 1. The van der Waals surface area contributed by atoms with Gasteiger partial charge in [-0.2, -0.15) is 0 Å². The highest BCUT2D eigenvalue weighted by Gasteiger charge is 2.31. The third-order valence-electron chi connectivity index (χ3n) is 5.91. The van der Waals surface area contributed by atoms with Crippen LogP contribution >= 0.6 is 0 Å². The summed E-state index contributed by atoms with van der Waals surface area (Å²) in [4.78, 5) is 27.2. The third-order valence-corrected chi connectivity index (χ3v) is 5.91. The number of aromatic amines is 1. The molecule has 9 nitrogen and oxygen atoms in total. The van der Waals surface area contributed by atoms with Crippen LogP contribution in [-0.2, 0) is 19.5 Å². The molecule has 0 radical (unpaired) electrons. The first-order valence-electron chi connectivity index (χ1n) is 10.3. The molecule has 2 aromatic heterocycles. The molecule has 4 aromatic rings. The highest BCUT2D eigenvalue weighted by molar-refractivity contribution is 5.85. The predicted molar refractivity (Wildman–Crippen MR) is 122 cm³/mol. The number of anilines is 2. The van der Waals surface area contributed by atoms with Crippen LogP contribution in [0.25, 0.3) is 10.9 Å². The van der Waals surface area contributed by atoms with Gasteiger partial charge in [0, 0.05) is 42.3 Å². The molecule has 0 spiro atoms. The molecule has 32 heavy (non-hydrogen) atoms. The van der Waals surface area contributed by atoms with Crippen molar-refractivity contribution in [3.05, 3.63) is 81.8 Å². The van der Waals surface area contributed by atoms with E-state index < -0.39 is 4.92 Å². The first-order chi connectivity index (χ1) is 15.5. The first kappa shape index (κ1) is 19.8. The average molecular weight is 430 g/mol. The molecular weight excluding hydrogens is 408 g/mol. The Kier molecular flexibility index (Phi) is 4.85. The number of hydrogen-bond donors (Lipinski definition) is 2. The maximum Gasteiger partial charge on any atom is 0.353 e. The van der Waals surface area contributed by atoms with E-state index >= 15 is 0 Å². The second-order valence-corrected chi connectivity index (χ2v) is 7.91. The molecule has 2 N–H and O–H groups in total. The van der Waals surface area contributed by atoms with E-state index in [4.69, 9.17) is 0 Å². The van der Waals surface area contributed by atoms with Gasteiger partial charge in [0.05, 0.1) is 11.5 Å². The van der Waals surface area contributed by atoms with Crippen molar-refractivity contribution in [2.24, 2.45) is 0 Å². The molecule has 0 saturated carbocycles. The smallest absolute Gasteiger partial charge is 0.353 e. The number of nitrogens with zero attached hydrogens (tertiary/aromatic N) is 5. The monoisotopic (exact) mass is 430 g/mol. The number of nitrogens with one attached hydrogen (secondary N) is 1. The van der Waals surface area contributed by atoms with Crippen molar-refractivity contribution in [1.29, 1.82) is 0 Å². The lowest BCUT2D eigenvalue weighted by molar-refractivity contribution is -0.383. The molecule has 3 heterocycles. The zero-order valence-electron chi connectivity index (χ0n) is 17.5. The normalized spacial score (nSPS) is 13.2. The van der Waals surface area contributed by atoms with E-state index in [9.17, 15) is 15.2 Å². The molecule has 0 unspecified atom stereocenters. The van der Waals surface area contributed by atoms with E-state index in [1.807, 2.05) is 29.2 Å². The number of rotatable bonds is 5. The van der Waals surface area contributed by atoms with E-state index in [1.54, 1.807) is 30.1 Å². The van der Waals surface area contributed by atoms with Crippen LogP contribution in [0.5, 0.6) is 5.75 Å². The van der Waals surface area contributed by atoms with Gasteiger partial charge in [-0.05, 0) is 24.1 Å². The van der Waals surface area contributed by atoms with Crippen LogP contribution in [0.1, 0.15) is 16.8 Å². The Bertz CT molecular complexity index is 1320. The summed E-state index contributed by atoms with van der Waals surface area (Å²) >= 11 is 0. The van der Waals surface area contributed by atoms with E-state index in [2.05, 4.69) is 21.0 Å². The Labute approximate surface area is 184 Å². The Balaban J connectivity index is 1.50. The molecule has 9 heteroatoms. The van der Waals surface area contributed by atoms with E-state index in [-0.39, 0.29) is 23.8 Å². The number of nitro groups is 1. The summed E-state index contributed by atoms with van der Waals surface area (Å²) in [7, 11) is 1.72. The van der Waals surface area contributed by atoms with Gasteiger partial charge in [-0.25, -0.2) is 9.97 Å². The molecule has 0 aliphatic carbocycles. The van der Waals surface area contributed by atoms with Crippen molar-refractivity contribution in [3.8, 4) is 5.75 Å². The van der Waals surface area contributed by atoms with Gasteiger partial charge in [-0.3, -0.25) is 10.1 Å². The molecular formula is C23H22N6O3. The zero-order chi connectivity index (χ0) is 22.2. The molecule has 1 aliphatic rings. The number of phenols is 1. The molecule has 1 aliphatic heterocycles. The number of para-hydroxylation sites is 2. The van der Waals surface area contributed by atoms with Gasteiger partial charge in [0.2, 0.25) is 11.6 Å². The number of hydrogen-bond acceptors (Lipinski definition) is 7. The van der Waals surface area contributed by atoms with Crippen molar-refractivity contribution in [1.82, 2.24) is 15.0 Å². The lowest BCUT2D eigenvalue weighted by atomic mass is 10.0. The molecule has 162 valence electrons. The fourth-order valence-electron chi connectivity index (χ4n) is 4.38. The molecule has 0 atom stereocenters. The van der Waals surface area contributed by atoms with Gasteiger partial charge < -0.3 is 19.9 Å². The summed E-state index contributed by atoms with van der Waals surface area (Å²) < 4.78 is 0. The van der Waals surface area contributed by atoms with Crippen molar-refractivity contribution < 1.29 is 10.0 Å². The number of phenolic OH excluding ortho intramolecular Hbond substituents is 1. The first-order valence-corrected chi connectivity index (χ1v) is 10.3. The van der Waals surface area contributed by atoms with Crippen LogP contribution in [0.4, 0.5) is 17.3 Å². The molecule has 0 fully saturated rings. The Hall–Kier alpha value is -4.14. The standard InChI is InChI=1S/C23H22N6O3/c1-27(12-15-6-2-5-9-20(15)30)22-21(29(31)32)23(25-14-24-22)28-11-10-17-16-7-3-4-8-18(16)26-19(17)13-28/h2-9,14,26,30H,10-13H2,1H3. The van der Waals surface area contributed by atoms with Crippen LogP contribution in [0.3, 0.4) is 0 Å². The van der Waals surface area contributed by atoms with Crippen molar-refractivity contribution in [3.63, 3.8) is 0 Å². The van der Waals surface area contributed by atoms with Crippen molar-refractivity contribution in [2.75, 3.05) is 23.4 Å². The summed E-state index contributed by atoms with van der Waals surface area (Å²) in [5.41, 5.74) is 3.90. The lowest BCUT2D eigenvalue weighted by Crippen LogP contribution is -2.32. The number of benzene rings is 2. The average Bonchev–Trinajstić information content (AvgIpc) is 3.17. The van der Waals surface area contributed by atoms with E-state index in [0.717, 1.165) is 17.6 Å². The number of aromatic nitrogens is 3. The van der Waals surface area contributed by atoms with Crippen molar-refractivity contribution >= 4 is 28.2 Å². The number of fused-ring (bicyclic) bond motifs is 3. The quantitative estimate of drug-likeness (QED) is 0.366. The predicted octanol–water partition coefficient (Wildman–Crippen LogP) is 3.77. The molecule has 0 bridgehead atoms. The van der Waals surface area contributed by atoms with Crippen LogP contribution in [0, 0.1) is 10.1 Å². The molecule has 2 aromatic carbocycles. The highest BCUT2D eigenvalue weighted by Crippen LogP contribution is 2.37. The Morgan fingerprint density at radius 3 is 2.78 bits per heavy atom. The van der Waals surface area contributed by atoms with Crippen molar-refractivity contribution in [2.45, 2.75) is 19.5 Å². The minimum absolute atomic E-state index is 0.134. The Morgan fingerprint density at radius 2 is 1.97 bits per heavy atom. The minimum Gasteiger partial charge on any atom is -0.508 e. The van der Waals surface area contributed by atoms with E-state index in [1.165, 1.54) is 17.3 Å².